The Morgan fingerprint density at radius 2 is 1.80 bits per heavy atom. The number of alkyl halides is 2. The molecular weight excluding hydrogens is 200 g/mol. The third-order valence-electron chi connectivity index (χ3n) is 3.81. The van der Waals surface area contributed by atoms with Gasteiger partial charge in [-0.3, -0.25) is 9.69 Å². The number of amides is 1. The number of halogens is 2. The van der Waals surface area contributed by atoms with Crippen LogP contribution in [-0.4, -0.2) is 23.9 Å². The summed E-state index contributed by atoms with van der Waals surface area (Å²) in [5, 5.41) is 0. The van der Waals surface area contributed by atoms with Gasteiger partial charge in [0.05, 0.1) is 11.8 Å². The fraction of sp³-hybridized carbons (Fsp3) is 0.727. The molecule has 1 saturated heterocycles. The summed E-state index contributed by atoms with van der Waals surface area (Å²) in [7, 11) is 1.20. The van der Waals surface area contributed by atoms with Crippen LogP contribution in [0.3, 0.4) is 0 Å². The van der Waals surface area contributed by atoms with Crippen molar-refractivity contribution in [3.63, 3.8) is 0 Å². The van der Waals surface area contributed by atoms with Crippen LogP contribution in [0.1, 0.15) is 26.7 Å². The zero-order valence-corrected chi connectivity index (χ0v) is 9.18. The number of rotatable bonds is 0. The van der Waals surface area contributed by atoms with Crippen LogP contribution >= 0.6 is 0 Å². The van der Waals surface area contributed by atoms with Crippen LogP contribution in [0.25, 0.3) is 0 Å². The summed E-state index contributed by atoms with van der Waals surface area (Å²) in [6.45, 7) is 3.81. The van der Waals surface area contributed by atoms with Crippen molar-refractivity contribution < 1.29 is 13.6 Å². The van der Waals surface area contributed by atoms with Gasteiger partial charge in [0.2, 0.25) is 5.91 Å². The molecule has 0 N–H and O–H groups in total. The van der Waals surface area contributed by atoms with Crippen LogP contribution in [0, 0.1) is 11.8 Å². The number of hydrogen-bond acceptors (Lipinski definition) is 1. The first-order valence-electron chi connectivity index (χ1n) is 5.16. The summed E-state index contributed by atoms with van der Waals surface area (Å²) in [5.41, 5.74) is 2.11. The fourth-order valence-electron chi connectivity index (χ4n) is 2.56. The van der Waals surface area contributed by atoms with Gasteiger partial charge in [-0.2, -0.15) is 8.78 Å². The zero-order chi connectivity index (χ0) is 11.4. The molecule has 0 aromatic carbocycles. The molecule has 2 atom stereocenters. The van der Waals surface area contributed by atoms with Gasteiger partial charge in [0.25, 0.3) is 0 Å². The molecule has 1 heterocycles. The summed E-state index contributed by atoms with van der Waals surface area (Å²) >= 11 is 0. The smallest absolute Gasteiger partial charge is 0.286 e. The summed E-state index contributed by atoms with van der Waals surface area (Å²) in [4.78, 5) is 12.2. The predicted octanol–water partition coefficient (Wildman–Crippen LogP) is 2.41. The maximum atomic E-state index is 13.7. The molecule has 1 fully saturated rings. The Hall–Kier alpha value is -0.930. The van der Waals surface area contributed by atoms with Crippen molar-refractivity contribution >= 4 is 5.91 Å². The Balaban J connectivity index is 2.38. The minimum absolute atomic E-state index is 0.347. The lowest BCUT2D eigenvalue weighted by atomic mass is 9.77. The van der Waals surface area contributed by atoms with E-state index in [0.29, 0.717) is 17.7 Å². The van der Waals surface area contributed by atoms with E-state index in [1.807, 2.05) is 13.8 Å². The standard InChI is InChI=1S/C11H15F2NO/c1-6-4-8-9(5-7(6)2)11(12,13)14(3)10(8)15/h8-9H,4-5H2,1-3H3. The van der Waals surface area contributed by atoms with E-state index in [-0.39, 0.29) is 0 Å². The number of allylic oxidation sites excluding steroid dienone is 2. The second kappa shape index (κ2) is 3.03. The average molecular weight is 215 g/mol. The minimum Gasteiger partial charge on any atom is -0.286 e. The summed E-state index contributed by atoms with van der Waals surface area (Å²) in [6, 6.07) is -2.97. The van der Waals surface area contributed by atoms with Gasteiger partial charge in [-0.05, 0) is 26.7 Å². The van der Waals surface area contributed by atoms with Crippen LogP contribution in [0.4, 0.5) is 8.78 Å². The number of nitrogens with zero attached hydrogens (tertiary/aromatic N) is 1. The molecule has 84 valence electrons. The van der Waals surface area contributed by atoms with Gasteiger partial charge in [0, 0.05) is 7.05 Å². The molecule has 0 radical (unpaired) electrons. The molecule has 0 aromatic heterocycles. The summed E-state index contributed by atoms with van der Waals surface area (Å²) in [6.07, 6.45) is 0.842. The molecule has 2 aliphatic rings. The van der Waals surface area contributed by atoms with E-state index in [1.54, 1.807) is 0 Å². The third kappa shape index (κ3) is 1.30. The number of likely N-dealkylation sites (tertiary alicyclic amines) is 1. The monoisotopic (exact) mass is 215 g/mol. The minimum atomic E-state index is -2.97. The van der Waals surface area contributed by atoms with Crippen molar-refractivity contribution in [2.75, 3.05) is 7.05 Å². The van der Waals surface area contributed by atoms with E-state index in [0.717, 1.165) is 11.1 Å². The van der Waals surface area contributed by atoms with Gasteiger partial charge in [-0.1, -0.05) is 11.1 Å². The molecule has 0 bridgehead atoms. The van der Waals surface area contributed by atoms with Gasteiger partial charge in [0.1, 0.15) is 0 Å². The third-order valence-corrected chi connectivity index (χ3v) is 3.81. The molecule has 2 unspecified atom stereocenters. The Bertz CT molecular complexity index is 348. The number of fused-ring (bicyclic) bond motifs is 1. The van der Waals surface area contributed by atoms with E-state index >= 15 is 0 Å². The maximum Gasteiger partial charge on any atom is 0.331 e. The van der Waals surface area contributed by atoms with Crippen LogP contribution < -0.4 is 0 Å². The zero-order valence-electron chi connectivity index (χ0n) is 9.18. The second-order valence-electron chi connectivity index (χ2n) is 4.67. The van der Waals surface area contributed by atoms with Gasteiger partial charge < -0.3 is 0 Å². The van der Waals surface area contributed by atoms with E-state index < -0.39 is 23.8 Å². The highest BCUT2D eigenvalue weighted by atomic mass is 19.3. The number of hydrogen-bond donors (Lipinski definition) is 0. The lowest BCUT2D eigenvalue weighted by Crippen LogP contribution is -2.38. The maximum absolute atomic E-state index is 13.7. The van der Waals surface area contributed by atoms with E-state index in [2.05, 4.69) is 0 Å². The Morgan fingerprint density at radius 1 is 1.27 bits per heavy atom. The lowest BCUT2D eigenvalue weighted by Gasteiger charge is -2.29. The average Bonchev–Trinajstić information content (AvgIpc) is 2.32. The molecule has 15 heavy (non-hydrogen) atoms. The van der Waals surface area contributed by atoms with Crippen molar-refractivity contribution in [3.05, 3.63) is 11.1 Å². The molecule has 2 rings (SSSR count). The summed E-state index contributed by atoms with van der Waals surface area (Å²) < 4.78 is 27.4. The van der Waals surface area contributed by atoms with Gasteiger partial charge >= 0.3 is 6.05 Å². The molecule has 1 aliphatic carbocycles. The molecule has 4 heteroatoms. The largest absolute Gasteiger partial charge is 0.331 e. The normalized spacial score (nSPS) is 34.7. The van der Waals surface area contributed by atoms with E-state index in [4.69, 9.17) is 0 Å². The van der Waals surface area contributed by atoms with Gasteiger partial charge in [-0.25, -0.2) is 0 Å². The quantitative estimate of drug-likeness (QED) is 0.449. The van der Waals surface area contributed by atoms with Crippen molar-refractivity contribution in [1.82, 2.24) is 4.90 Å². The highest BCUT2D eigenvalue weighted by Gasteiger charge is 2.59. The van der Waals surface area contributed by atoms with Crippen molar-refractivity contribution in [2.45, 2.75) is 32.7 Å². The molecular formula is C11H15F2NO. The van der Waals surface area contributed by atoms with Crippen LogP contribution in [0.5, 0.6) is 0 Å². The second-order valence-corrected chi connectivity index (χ2v) is 4.67. The van der Waals surface area contributed by atoms with Crippen molar-refractivity contribution in [2.24, 2.45) is 11.8 Å². The van der Waals surface area contributed by atoms with Crippen molar-refractivity contribution in [1.29, 1.82) is 0 Å². The summed E-state index contributed by atoms with van der Waals surface area (Å²) in [5.74, 6) is -1.73. The Kier molecular flexibility index (Phi) is 2.14. The Morgan fingerprint density at radius 3 is 2.40 bits per heavy atom. The predicted molar refractivity (Wildman–Crippen MR) is 52.3 cm³/mol. The topological polar surface area (TPSA) is 20.3 Å². The van der Waals surface area contributed by atoms with Gasteiger partial charge in [0.15, 0.2) is 0 Å². The number of carbonyl (C=O) groups excluding carboxylic acids is 1. The molecule has 1 amide bonds. The SMILES string of the molecule is CC1=C(C)CC2C(C1)C(=O)N(C)C2(F)F. The van der Waals surface area contributed by atoms with E-state index in [9.17, 15) is 13.6 Å². The van der Waals surface area contributed by atoms with Crippen LogP contribution in [0.2, 0.25) is 0 Å². The van der Waals surface area contributed by atoms with E-state index in [1.165, 1.54) is 7.05 Å². The highest BCUT2D eigenvalue weighted by molar-refractivity contribution is 5.82. The molecule has 1 aliphatic heterocycles. The first-order chi connectivity index (χ1) is 6.85. The van der Waals surface area contributed by atoms with Crippen LogP contribution in [-0.2, 0) is 4.79 Å². The van der Waals surface area contributed by atoms with Crippen LogP contribution in [0.15, 0.2) is 11.1 Å². The fourth-order valence-corrected chi connectivity index (χ4v) is 2.56. The lowest BCUT2D eigenvalue weighted by molar-refractivity contribution is -0.160. The highest BCUT2D eigenvalue weighted by Crippen LogP contribution is 2.49. The van der Waals surface area contributed by atoms with Gasteiger partial charge in [-0.15, -0.1) is 0 Å². The number of carbonyl (C=O) groups is 1. The first-order valence-corrected chi connectivity index (χ1v) is 5.16. The Labute approximate surface area is 87.9 Å². The molecule has 0 spiro atoms. The van der Waals surface area contributed by atoms with Crippen molar-refractivity contribution in [3.8, 4) is 0 Å². The molecule has 0 aromatic rings. The molecule has 2 nitrogen and oxygen atoms in total. The first kappa shape index (κ1) is 10.6. The molecule has 0 saturated carbocycles.